The first-order chi connectivity index (χ1) is 10.7. The van der Waals surface area contributed by atoms with Gasteiger partial charge in [-0.05, 0) is 24.3 Å². The van der Waals surface area contributed by atoms with Crippen molar-refractivity contribution in [3.63, 3.8) is 0 Å². The minimum atomic E-state index is 0. The van der Waals surface area contributed by atoms with E-state index < -0.39 is 0 Å². The van der Waals surface area contributed by atoms with Crippen LogP contribution in [0, 0.1) is 0 Å². The van der Waals surface area contributed by atoms with Gasteiger partial charge in [0.15, 0.2) is 0 Å². The molecule has 0 saturated heterocycles. The quantitative estimate of drug-likeness (QED) is 0.677. The Morgan fingerprint density at radius 1 is 1.00 bits per heavy atom. The second kappa shape index (κ2) is 7.84. The van der Waals surface area contributed by atoms with Gasteiger partial charge in [0.05, 0.1) is 27.9 Å². The molecule has 23 heavy (non-hydrogen) atoms. The Balaban J connectivity index is 0.00000192. The minimum Gasteiger partial charge on any atom is -0.395 e. The molecule has 2 aromatic carbocycles. The summed E-state index contributed by atoms with van der Waals surface area (Å²) in [6, 6.07) is 15.3. The molecule has 0 aliphatic rings. The van der Waals surface area contributed by atoms with Crippen LogP contribution >= 0.6 is 35.6 Å². The summed E-state index contributed by atoms with van der Waals surface area (Å²) in [4.78, 5) is 4.68. The summed E-state index contributed by atoms with van der Waals surface area (Å²) in [7, 11) is 0. The van der Waals surface area contributed by atoms with Gasteiger partial charge >= 0.3 is 0 Å². The van der Waals surface area contributed by atoms with Gasteiger partial charge in [-0.25, -0.2) is 4.98 Å². The monoisotopic (exact) mass is 368 g/mol. The van der Waals surface area contributed by atoms with Gasteiger partial charge in [-0.2, -0.15) is 0 Å². The number of rotatable bonds is 4. The number of nitrogens with one attached hydrogen (secondary N) is 1. The Morgan fingerprint density at radius 3 is 2.52 bits per heavy atom. The van der Waals surface area contributed by atoms with Gasteiger partial charge in [0.2, 0.25) is 0 Å². The van der Waals surface area contributed by atoms with Gasteiger partial charge in [-0.15, -0.1) is 12.4 Å². The average Bonchev–Trinajstić information content (AvgIpc) is 2.55. The van der Waals surface area contributed by atoms with Crippen molar-refractivity contribution < 1.29 is 5.11 Å². The smallest absolute Gasteiger partial charge is 0.0730 e. The molecule has 0 radical (unpaired) electrons. The van der Waals surface area contributed by atoms with Crippen LogP contribution in [0.15, 0.2) is 48.5 Å². The van der Waals surface area contributed by atoms with Crippen LogP contribution in [-0.4, -0.2) is 23.2 Å². The zero-order valence-electron chi connectivity index (χ0n) is 12.1. The molecule has 0 fully saturated rings. The fourth-order valence-corrected chi connectivity index (χ4v) is 2.61. The van der Waals surface area contributed by atoms with E-state index in [0.29, 0.717) is 16.6 Å². The maximum atomic E-state index is 9.04. The number of anilines is 1. The molecule has 6 heteroatoms. The summed E-state index contributed by atoms with van der Waals surface area (Å²) in [5.74, 6) is 0. The summed E-state index contributed by atoms with van der Waals surface area (Å²) < 4.78 is 0. The van der Waals surface area contributed by atoms with Gasteiger partial charge in [-0.3, -0.25) is 0 Å². The summed E-state index contributed by atoms with van der Waals surface area (Å²) in [5, 5.41) is 14.3. The van der Waals surface area contributed by atoms with Crippen molar-refractivity contribution in [2.75, 3.05) is 18.5 Å². The first-order valence-corrected chi connectivity index (χ1v) is 7.64. The van der Waals surface area contributed by atoms with Gasteiger partial charge < -0.3 is 10.4 Å². The van der Waals surface area contributed by atoms with Crippen LogP contribution in [0.4, 0.5) is 5.69 Å². The molecule has 0 saturated carbocycles. The second-order valence-electron chi connectivity index (χ2n) is 4.85. The number of benzene rings is 2. The molecule has 120 valence electrons. The van der Waals surface area contributed by atoms with Gasteiger partial charge in [0.1, 0.15) is 0 Å². The highest BCUT2D eigenvalue weighted by atomic mass is 35.5. The fraction of sp³-hybridized carbons (Fsp3) is 0.118. The number of aromatic nitrogens is 1. The number of para-hydroxylation sites is 1. The molecule has 0 spiro atoms. The van der Waals surface area contributed by atoms with Crippen LogP contribution < -0.4 is 5.32 Å². The van der Waals surface area contributed by atoms with E-state index in [9.17, 15) is 0 Å². The Bertz CT molecular complexity index is 824. The summed E-state index contributed by atoms with van der Waals surface area (Å²) in [6.07, 6.45) is 0. The molecular formula is C17H15Cl3N2O. The lowest BCUT2D eigenvalue weighted by Gasteiger charge is -2.11. The molecular weight excluding hydrogens is 355 g/mol. The Kier molecular flexibility index (Phi) is 6.08. The van der Waals surface area contributed by atoms with E-state index in [0.717, 1.165) is 27.8 Å². The minimum absolute atomic E-state index is 0. The van der Waals surface area contributed by atoms with E-state index in [2.05, 4.69) is 10.3 Å². The number of hydrogen-bond acceptors (Lipinski definition) is 3. The first-order valence-electron chi connectivity index (χ1n) is 6.89. The highest BCUT2D eigenvalue weighted by Gasteiger charge is 2.08. The van der Waals surface area contributed by atoms with Crippen LogP contribution in [0.2, 0.25) is 10.0 Å². The van der Waals surface area contributed by atoms with E-state index in [4.69, 9.17) is 28.3 Å². The number of hydrogen-bond donors (Lipinski definition) is 2. The Labute approximate surface area is 150 Å². The van der Waals surface area contributed by atoms with Gasteiger partial charge in [0.25, 0.3) is 0 Å². The third kappa shape index (κ3) is 3.88. The third-order valence-electron chi connectivity index (χ3n) is 3.36. The standard InChI is InChI=1S/C17H14Cl2N2O.ClH/c18-13-6-5-11(9-14(13)19)16-10-17(20-7-8-22)12-3-1-2-4-15(12)21-16;/h1-6,9-10,22H,7-8H2,(H,20,21);1H. The summed E-state index contributed by atoms with van der Waals surface area (Å²) in [6.45, 7) is 0.549. The van der Waals surface area contributed by atoms with Gasteiger partial charge in [-0.1, -0.05) is 47.5 Å². The average molecular weight is 370 g/mol. The maximum absolute atomic E-state index is 9.04. The highest BCUT2D eigenvalue weighted by molar-refractivity contribution is 6.42. The van der Waals surface area contributed by atoms with E-state index in [1.54, 1.807) is 12.1 Å². The molecule has 3 nitrogen and oxygen atoms in total. The topological polar surface area (TPSA) is 45.1 Å². The van der Waals surface area contributed by atoms with Crippen LogP contribution in [0.5, 0.6) is 0 Å². The van der Waals surface area contributed by atoms with E-state index in [-0.39, 0.29) is 19.0 Å². The van der Waals surface area contributed by atoms with Crippen LogP contribution in [-0.2, 0) is 0 Å². The van der Waals surface area contributed by atoms with E-state index >= 15 is 0 Å². The highest BCUT2D eigenvalue weighted by Crippen LogP contribution is 2.31. The van der Waals surface area contributed by atoms with Crippen LogP contribution in [0.3, 0.4) is 0 Å². The lowest BCUT2D eigenvalue weighted by Crippen LogP contribution is -2.06. The Hall–Kier alpha value is -1.52. The molecule has 0 unspecified atom stereocenters. The zero-order valence-corrected chi connectivity index (χ0v) is 14.4. The number of aliphatic hydroxyl groups is 1. The molecule has 1 heterocycles. The van der Waals surface area contributed by atoms with Crippen molar-refractivity contribution in [1.29, 1.82) is 0 Å². The number of halogens is 3. The molecule has 0 atom stereocenters. The lowest BCUT2D eigenvalue weighted by molar-refractivity contribution is 0.311. The van der Waals surface area contributed by atoms with Crippen molar-refractivity contribution in [3.8, 4) is 11.3 Å². The molecule has 0 bridgehead atoms. The molecule has 2 N–H and O–H groups in total. The predicted octanol–water partition coefficient (Wildman–Crippen LogP) is 5.03. The van der Waals surface area contributed by atoms with Crippen molar-refractivity contribution in [2.45, 2.75) is 0 Å². The predicted molar refractivity (Wildman–Crippen MR) is 100 cm³/mol. The summed E-state index contributed by atoms with van der Waals surface area (Å²) >= 11 is 12.1. The fourth-order valence-electron chi connectivity index (χ4n) is 2.32. The second-order valence-corrected chi connectivity index (χ2v) is 5.67. The van der Waals surface area contributed by atoms with Crippen molar-refractivity contribution in [2.24, 2.45) is 0 Å². The molecule has 0 amide bonds. The molecule has 1 aromatic heterocycles. The lowest BCUT2D eigenvalue weighted by atomic mass is 10.1. The Morgan fingerprint density at radius 2 is 1.78 bits per heavy atom. The van der Waals surface area contributed by atoms with E-state index in [1.165, 1.54) is 0 Å². The summed E-state index contributed by atoms with van der Waals surface area (Å²) in [5.41, 5.74) is 3.51. The SMILES string of the molecule is Cl.OCCNc1cc(-c2ccc(Cl)c(Cl)c2)nc2ccccc12. The van der Waals surface area contributed by atoms with Gasteiger partial charge in [0, 0.05) is 23.2 Å². The van der Waals surface area contributed by atoms with E-state index in [1.807, 2.05) is 36.4 Å². The molecule has 0 aliphatic carbocycles. The largest absolute Gasteiger partial charge is 0.395 e. The number of nitrogens with zero attached hydrogens (tertiary/aromatic N) is 1. The number of pyridine rings is 1. The normalized spacial score (nSPS) is 10.4. The zero-order chi connectivity index (χ0) is 15.5. The molecule has 0 aliphatic heterocycles. The number of fused-ring (bicyclic) bond motifs is 1. The van der Waals surface area contributed by atoms with Crippen LogP contribution in [0.25, 0.3) is 22.2 Å². The maximum Gasteiger partial charge on any atom is 0.0730 e. The third-order valence-corrected chi connectivity index (χ3v) is 4.10. The van der Waals surface area contributed by atoms with Crippen molar-refractivity contribution >= 4 is 52.2 Å². The molecule has 3 rings (SSSR count). The number of aliphatic hydroxyl groups excluding tert-OH is 1. The van der Waals surface area contributed by atoms with Crippen LogP contribution in [0.1, 0.15) is 0 Å². The molecule has 3 aromatic rings. The first kappa shape index (κ1) is 17.8. The van der Waals surface area contributed by atoms with Crippen molar-refractivity contribution in [1.82, 2.24) is 4.98 Å². The van der Waals surface area contributed by atoms with Crippen molar-refractivity contribution in [3.05, 3.63) is 58.6 Å².